The Kier molecular flexibility index (Phi) is 5.65. The number of aryl methyl sites for hydroxylation is 1. The lowest BCUT2D eigenvalue weighted by atomic mass is 10.1. The molecule has 7 nitrogen and oxygen atoms in total. The van der Waals surface area contributed by atoms with Crippen LogP contribution in [0.3, 0.4) is 0 Å². The van der Waals surface area contributed by atoms with Crippen LogP contribution in [0.15, 0.2) is 30.6 Å². The maximum absolute atomic E-state index is 14.0. The van der Waals surface area contributed by atoms with Crippen molar-refractivity contribution in [2.45, 2.75) is 13.0 Å². The van der Waals surface area contributed by atoms with Crippen molar-refractivity contribution in [1.82, 2.24) is 24.9 Å². The minimum absolute atomic E-state index is 0.0116. The van der Waals surface area contributed by atoms with Gasteiger partial charge in [0.15, 0.2) is 0 Å². The van der Waals surface area contributed by atoms with Crippen LogP contribution in [-0.4, -0.2) is 57.7 Å². The molecule has 1 atom stereocenters. The van der Waals surface area contributed by atoms with Crippen molar-refractivity contribution in [3.8, 4) is 0 Å². The third kappa shape index (κ3) is 4.39. The van der Waals surface area contributed by atoms with Crippen molar-refractivity contribution in [1.29, 1.82) is 0 Å². The zero-order chi connectivity index (χ0) is 19.6. The summed E-state index contributed by atoms with van der Waals surface area (Å²) in [5, 5.41) is 7.27. The maximum Gasteiger partial charge on any atom is 0.317 e. The van der Waals surface area contributed by atoms with Gasteiger partial charge in [0.1, 0.15) is 5.82 Å². The van der Waals surface area contributed by atoms with Crippen LogP contribution >= 0.6 is 11.6 Å². The molecule has 1 N–H and O–H groups in total. The number of hydrogen-bond acceptors (Lipinski definition) is 3. The summed E-state index contributed by atoms with van der Waals surface area (Å²) < 4.78 is 15.6. The van der Waals surface area contributed by atoms with Crippen LogP contribution in [0.25, 0.3) is 0 Å². The topological polar surface area (TPSA) is 70.5 Å². The summed E-state index contributed by atoms with van der Waals surface area (Å²) in [5.41, 5.74) is 0.903. The minimum atomic E-state index is -0.641. The Labute approximate surface area is 161 Å². The number of nitrogens with one attached hydrogen (secondary N) is 1. The highest BCUT2D eigenvalue weighted by Gasteiger charge is 2.27. The van der Waals surface area contributed by atoms with E-state index in [0.717, 1.165) is 11.6 Å². The molecule has 27 heavy (non-hydrogen) atoms. The van der Waals surface area contributed by atoms with Gasteiger partial charge in [0.05, 0.1) is 17.8 Å². The quantitative estimate of drug-likeness (QED) is 0.870. The van der Waals surface area contributed by atoms with Crippen LogP contribution in [0.2, 0.25) is 5.02 Å². The Hall–Kier alpha value is -2.61. The second-order valence-electron chi connectivity index (χ2n) is 6.52. The van der Waals surface area contributed by atoms with Crippen molar-refractivity contribution in [2.24, 2.45) is 7.05 Å². The van der Waals surface area contributed by atoms with Gasteiger partial charge in [-0.25, -0.2) is 9.18 Å². The Morgan fingerprint density at radius 1 is 1.22 bits per heavy atom. The van der Waals surface area contributed by atoms with E-state index in [9.17, 15) is 14.0 Å². The van der Waals surface area contributed by atoms with Gasteiger partial charge in [-0.05, 0) is 25.1 Å². The SMILES string of the molecule is CC(NC(=O)N1CCN(C(=O)c2ccc(Cl)cc2F)CC1)c1cnn(C)c1. The van der Waals surface area contributed by atoms with Gasteiger partial charge in [-0.3, -0.25) is 9.48 Å². The fourth-order valence-electron chi connectivity index (χ4n) is 2.97. The Balaban J connectivity index is 1.55. The highest BCUT2D eigenvalue weighted by molar-refractivity contribution is 6.30. The number of rotatable bonds is 3. The van der Waals surface area contributed by atoms with Crippen LogP contribution in [0.4, 0.5) is 9.18 Å². The van der Waals surface area contributed by atoms with E-state index in [0.29, 0.717) is 26.2 Å². The van der Waals surface area contributed by atoms with Gasteiger partial charge in [-0.2, -0.15) is 5.10 Å². The van der Waals surface area contributed by atoms with E-state index in [1.54, 1.807) is 20.7 Å². The number of carbonyl (C=O) groups is 2. The number of hydrogen-bond donors (Lipinski definition) is 1. The number of aromatic nitrogens is 2. The van der Waals surface area contributed by atoms with Crippen molar-refractivity contribution in [2.75, 3.05) is 26.2 Å². The Bertz CT molecular complexity index is 848. The second-order valence-corrected chi connectivity index (χ2v) is 6.96. The van der Waals surface area contributed by atoms with Crippen LogP contribution in [0.5, 0.6) is 0 Å². The molecule has 3 rings (SSSR count). The number of benzene rings is 1. The van der Waals surface area contributed by atoms with E-state index in [4.69, 9.17) is 11.6 Å². The fourth-order valence-corrected chi connectivity index (χ4v) is 3.13. The summed E-state index contributed by atoms with van der Waals surface area (Å²) >= 11 is 5.73. The predicted octanol–water partition coefficient (Wildman–Crippen LogP) is 2.44. The van der Waals surface area contributed by atoms with E-state index in [1.807, 2.05) is 20.2 Å². The van der Waals surface area contributed by atoms with Crippen molar-refractivity contribution < 1.29 is 14.0 Å². The van der Waals surface area contributed by atoms with Crippen molar-refractivity contribution in [3.63, 3.8) is 0 Å². The molecular formula is C18H21ClFN5O2. The average molecular weight is 394 g/mol. The number of urea groups is 1. The number of piperazine rings is 1. The summed E-state index contributed by atoms with van der Waals surface area (Å²) in [6.07, 6.45) is 3.56. The normalized spacial score (nSPS) is 15.6. The predicted molar refractivity (Wildman–Crippen MR) is 99.0 cm³/mol. The molecule has 144 valence electrons. The fraction of sp³-hybridized carbons (Fsp3) is 0.389. The minimum Gasteiger partial charge on any atom is -0.335 e. The molecule has 1 aliphatic heterocycles. The number of amides is 3. The standard InChI is InChI=1S/C18H21ClFN5O2/c1-12(13-10-21-23(2)11-13)22-18(27)25-7-5-24(6-8-25)17(26)15-4-3-14(19)9-16(15)20/h3-4,9-12H,5-8H2,1-2H3,(H,22,27). The molecule has 1 fully saturated rings. The van der Waals surface area contributed by atoms with Gasteiger partial charge in [-0.1, -0.05) is 11.6 Å². The molecule has 0 bridgehead atoms. The monoisotopic (exact) mass is 393 g/mol. The van der Waals surface area contributed by atoms with E-state index in [2.05, 4.69) is 10.4 Å². The smallest absolute Gasteiger partial charge is 0.317 e. The molecule has 1 aromatic carbocycles. The van der Waals surface area contributed by atoms with E-state index in [1.165, 1.54) is 12.1 Å². The molecule has 1 unspecified atom stereocenters. The van der Waals surface area contributed by atoms with Crippen molar-refractivity contribution >= 4 is 23.5 Å². The Morgan fingerprint density at radius 2 is 1.89 bits per heavy atom. The highest BCUT2D eigenvalue weighted by atomic mass is 35.5. The first-order valence-corrected chi connectivity index (χ1v) is 9.01. The molecule has 0 spiro atoms. The molecule has 1 aromatic heterocycles. The van der Waals surface area contributed by atoms with E-state index >= 15 is 0 Å². The second kappa shape index (κ2) is 7.96. The molecule has 0 radical (unpaired) electrons. The van der Waals surface area contributed by atoms with Gasteiger partial charge < -0.3 is 15.1 Å². The molecule has 0 aliphatic carbocycles. The van der Waals surface area contributed by atoms with Crippen LogP contribution in [0.1, 0.15) is 28.9 Å². The first-order chi connectivity index (χ1) is 12.8. The first kappa shape index (κ1) is 19.2. The molecule has 1 aliphatic rings. The summed E-state index contributed by atoms with van der Waals surface area (Å²) in [6, 6.07) is 3.62. The van der Waals surface area contributed by atoms with Crippen LogP contribution < -0.4 is 5.32 Å². The lowest BCUT2D eigenvalue weighted by Gasteiger charge is -2.35. The van der Waals surface area contributed by atoms with E-state index in [-0.39, 0.29) is 22.7 Å². The zero-order valence-corrected chi connectivity index (χ0v) is 15.9. The third-order valence-corrected chi connectivity index (χ3v) is 4.82. The maximum atomic E-state index is 14.0. The van der Waals surface area contributed by atoms with E-state index < -0.39 is 11.7 Å². The summed E-state index contributed by atoms with van der Waals surface area (Å²) in [6.45, 7) is 3.34. The largest absolute Gasteiger partial charge is 0.335 e. The van der Waals surface area contributed by atoms with Gasteiger partial charge in [0.25, 0.3) is 5.91 Å². The summed E-state index contributed by atoms with van der Waals surface area (Å²) in [4.78, 5) is 28.1. The summed E-state index contributed by atoms with van der Waals surface area (Å²) in [7, 11) is 1.82. The van der Waals surface area contributed by atoms with Crippen LogP contribution in [0, 0.1) is 5.82 Å². The number of carbonyl (C=O) groups excluding carboxylic acids is 2. The van der Waals surface area contributed by atoms with Gasteiger partial charge >= 0.3 is 6.03 Å². The van der Waals surface area contributed by atoms with Crippen molar-refractivity contribution in [3.05, 3.63) is 52.6 Å². The van der Waals surface area contributed by atoms with Gasteiger partial charge in [-0.15, -0.1) is 0 Å². The molecule has 2 aromatic rings. The zero-order valence-electron chi connectivity index (χ0n) is 15.2. The van der Waals surface area contributed by atoms with Gasteiger partial charge in [0.2, 0.25) is 0 Å². The lowest BCUT2D eigenvalue weighted by molar-refractivity contribution is 0.0659. The molecule has 0 saturated carbocycles. The van der Waals surface area contributed by atoms with Gasteiger partial charge in [0, 0.05) is 50.0 Å². The number of halogens is 2. The molecule has 3 amide bonds. The highest BCUT2D eigenvalue weighted by Crippen LogP contribution is 2.18. The first-order valence-electron chi connectivity index (χ1n) is 8.63. The van der Waals surface area contributed by atoms with Crippen LogP contribution in [-0.2, 0) is 7.05 Å². The third-order valence-electron chi connectivity index (χ3n) is 4.58. The molecular weight excluding hydrogens is 373 g/mol. The lowest BCUT2D eigenvalue weighted by Crippen LogP contribution is -2.53. The molecule has 9 heteroatoms. The Morgan fingerprint density at radius 3 is 2.48 bits per heavy atom. The molecule has 2 heterocycles. The summed E-state index contributed by atoms with van der Waals surface area (Å²) in [5.74, 6) is -1.04. The average Bonchev–Trinajstić information content (AvgIpc) is 3.08. The number of nitrogens with zero attached hydrogens (tertiary/aromatic N) is 4. The molecule has 1 saturated heterocycles.